The Kier molecular flexibility index (Phi) is 3.36. The molecule has 0 aromatic heterocycles. The Morgan fingerprint density at radius 1 is 1.00 bits per heavy atom. The van der Waals surface area contributed by atoms with Gasteiger partial charge in [-0.05, 0) is 35.0 Å². The zero-order chi connectivity index (χ0) is 14.3. The van der Waals surface area contributed by atoms with Crippen LogP contribution >= 0.6 is 11.6 Å². The Morgan fingerprint density at radius 2 is 1.58 bits per heavy atom. The number of benzene rings is 2. The maximum Gasteiger partial charge on any atom is 0.534 e. The van der Waals surface area contributed by atoms with E-state index in [2.05, 4.69) is 4.18 Å². The van der Waals surface area contributed by atoms with Gasteiger partial charge in [-0.25, -0.2) is 0 Å². The average molecular weight is 311 g/mol. The van der Waals surface area contributed by atoms with E-state index in [0.717, 1.165) is 6.07 Å². The van der Waals surface area contributed by atoms with Gasteiger partial charge >= 0.3 is 15.6 Å². The van der Waals surface area contributed by atoms with Crippen molar-refractivity contribution in [3.63, 3.8) is 0 Å². The first-order valence-electron chi connectivity index (χ1n) is 4.89. The summed E-state index contributed by atoms with van der Waals surface area (Å²) in [6, 6.07) is 8.41. The fourth-order valence-electron chi connectivity index (χ4n) is 1.42. The minimum Gasteiger partial charge on any atom is -0.376 e. The first-order valence-corrected chi connectivity index (χ1v) is 6.68. The molecule has 2 aromatic carbocycles. The van der Waals surface area contributed by atoms with Crippen LogP contribution in [0.2, 0.25) is 5.02 Å². The van der Waals surface area contributed by atoms with Gasteiger partial charge in [0.2, 0.25) is 0 Å². The van der Waals surface area contributed by atoms with Gasteiger partial charge in [-0.2, -0.15) is 21.6 Å². The number of rotatable bonds is 2. The molecule has 2 aromatic rings. The van der Waals surface area contributed by atoms with Crippen LogP contribution in [0.3, 0.4) is 0 Å². The molecular weight excluding hydrogens is 305 g/mol. The van der Waals surface area contributed by atoms with Crippen LogP contribution in [0.25, 0.3) is 10.8 Å². The molecule has 2 rings (SSSR count). The smallest absolute Gasteiger partial charge is 0.376 e. The van der Waals surface area contributed by atoms with Crippen molar-refractivity contribution in [3.05, 3.63) is 41.4 Å². The molecule has 19 heavy (non-hydrogen) atoms. The van der Waals surface area contributed by atoms with E-state index in [1.165, 1.54) is 18.2 Å². The molecule has 0 unspecified atom stereocenters. The molecule has 0 bridgehead atoms. The third kappa shape index (κ3) is 2.93. The summed E-state index contributed by atoms with van der Waals surface area (Å²) in [5.41, 5.74) is -5.46. The quantitative estimate of drug-likeness (QED) is 0.627. The van der Waals surface area contributed by atoms with Gasteiger partial charge in [0.25, 0.3) is 0 Å². The number of hydrogen-bond donors (Lipinski definition) is 0. The Hall–Kier alpha value is -1.47. The molecule has 0 fully saturated rings. The zero-order valence-corrected chi connectivity index (χ0v) is 10.7. The topological polar surface area (TPSA) is 43.4 Å². The molecule has 3 nitrogen and oxygen atoms in total. The summed E-state index contributed by atoms with van der Waals surface area (Å²) in [4.78, 5) is 0. The Labute approximate surface area is 111 Å². The molecule has 0 heterocycles. The third-order valence-corrected chi connectivity index (χ3v) is 3.48. The lowest BCUT2D eigenvalue weighted by Gasteiger charge is -2.10. The third-order valence-electron chi connectivity index (χ3n) is 2.26. The molecule has 0 aliphatic carbocycles. The van der Waals surface area contributed by atoms with Crippen molar-refractivity contribution in [3.8, 4) is 5.75 Å². The summed E-state index contributed by atoms with van der Waals surface area (Å²) in [5, 5.41) is 1.63. The van der Waals surface area contributed by atoms with Crippen LogP contribution in [0.4, 0.5) is 13.2 Å². The van der Waals surface area contributed by atoms with Gasteiger partial charge in [-0.15, -0.1) is 0 Å². The van der Waals surface area contributed by atoms with E-state index in [1.54, 1.807) is 12.1 Å². The van der Waals surface area contributed by atoms with E-state index < -0.39 is 21.4 Å². The van der Waals surface area contributed by atoms with Gasteiger partial charge in [-0.1, -0.05) is 23.7 Å². The fraction of sp³-hybridized carbons (Fsp3) is 0.0909. The van der Waals surface area contributed by atoms with Crippen molar-refractivity contribution >= 4 is 32.5 Å². The number of halogens is 4. The molecule has 0 atom stereocenters. The lowest BCUT2D eigenvalue weighted by Crippen LogP contribution is -2.28. The summed E-state index contributed by atoms with van der Waals surface area (Å²) in [7, 11) is -5.65. The van der Waals surface area contributed by atoms with Crippen LogP contribution in [-0.4, -0.2) is 13.9 Å². The van der Waals surface area contributed by atoms with Crippen LogP contribution in [0.15, 0.2) is 36.4 Å². The van der Waals surface area contributed by atoms with Crippen LogP contribution in [0, 0.1) is 0 Å². The van der Waals surface area contributed by atoms with Crippen LogP contribution in [-0.2, 0) is 10.1 Å². The highest BCUT2D eigenvalue weighted by Crippen LogP contribution is 2.29. The average Bonchev–Trinajstić information content (AvgIpc) is 2.27. The standard InChI is InChI=1S/C11H6ClF3O3S/c12-9-3-1-8-6-10(4-2-7(8)5-9)18-19(16,17)11(13,14)15/h1-6H. The van der Waals surface area contributed by atoms with Gasteiger partial charge in [0.05, 0.1) is 0 Å². The lowest BCUT2D eigenvalue weighted by molar-refractivity contribution is -0.0500. The predicted molar refractivity (Wildman–Crippen MR) is 64.6 cm³/mol. The van der Waals surface area contributed by atoms with E-state index in [1.807, 2.05) is 0 Å². The molecule has 0 aliphatic rings. The first-order chi connectivity index (χ1) is 8.69. The SMILES string of the molecule is O=S(=O)(Oc1ccc2cc(Cl)ccc2c1)C(F)(F)F. The number of fused-ring (bicyclic) bond motifs is 1. The lowest BCUT2D eigenvalue weighted by atomic mass is 10.1. The minimum atomic E-state index is -5.65. The van der Waals surface area contributed by atoms with Gasteiger partial charge in [0.1, 0.15) is 5.75 Å². The first kappa shape index (κ1) is 14.0. The van der Waals surface area contributed by atoms with Crippen LogP contribution in [0.1, 0.15) is 0 Å². The van der Waals surface area contributed by atoms with Gasteiger partial charge in [0.15, 0.2) is 0 Å². The zero-order valence-electron chi connectivity index (χ0n) is 9.11. The van der Waals surface area contributed by atoms with E-state index in [9.17, 15) is 21.6 Å². The Morgan fingerprint density at radius 3 is 2.21 bits per heavy atom. The maximum atomic E-state index is 12.2. The van der Waals surface area contributed by atoms with Crippen molar-refractivity contribution < 1.29 is 25.8 Å². The second-order valence-corrected chi connectivity index (χ2v) is 5.61. The fourth-order valence-corrected chi connectivity index (χ4v) is 2.05. The van der Waals surface area contributed by atoms with Crippen molar-refractivity contribution in [1.29, 1.82) is 0 Å². The van der Waals surface area contributed by atoms with E-state index in [-0.39, 0.29) is 0 Å². The monoisotopic (exact) mass is 310 g/mol. The van der Waals surface area contributed by atoms with Crippen LogP contribution in [0.5, 0.6) is 5.75 Å². The summed E-state index contributed by atoms with van der Waals surface area (Å²) >= 11 is 5.75. The van der Waals surface area contributed by atoms with E-state index >= 15 is 0 Å². The molecule has 8 heteroatoms. The van der Waals surface area contributed by atoms with E-state index in [0.29, 0.717) is 15.8 Å². The van der Waals surface area contributed by atoms with Gasteiger partial charge < -0.3 is 4.18 Å². The minimum absolute atomic E-state index is 0.410. The van der Waals surface area contributed by atoms with Crippen molar-refractivity contribution in [2.75, 3.05) is 0 Å². The summed E-state index contributed by atoms with van der Waals surface area (Å²) in [6.07, 6.45) is 0. The summed E-state index contributed by atoms with van der Waals surface area (Å²) in [6.45, 7) is 0. The molecule has 0 spiro atoms. The predicted octanol–water partition coefficient (Wildman–Crippen LogP) is 3.72. The van der Waals surface area contributed by atoms with Crippen molar-refractivity contribution in [2.45, 2.75) is 5.51 Å². The largest absolute Gasteiger partial charge is 0.534 e. The van der Waals surface area contributed by atoms with Gasteiger partial charge in [0, 0.05) is 5.02 Å². The summed E-state index contributed by atoms with van der Waals surface area (Å²) in [5.74, 6) is -0.410. The molecule has 0 radical (unpaired) electrons. The molecule has 102 valence electrons. The van der Waals surface area contributed by atoms with E-state index in [4.69, 9.17) is 11.6 Å². The second-order valence-electron chi connectivity index (χ2n) is 3.64. The molecular formula is C11H6ClF3O3S. The Balaban J connectivity index is 2.40. The molecule has 0 amide bonds. The normalized spacial score (nSPS) is 12.6. The molecule has 0 N–H and O–H groups in total. The highest BCUT2D eigenvalue weighted by Gasteiger charge is 2.48. The molecule has 0 saturated heterocycles. The summed E-state index contributed by atoms with van der Waals surface area (Å²) < 4.78 is 62.2. The number of hydrogen-bond acceptors (Lipinski definition) is 3. The second kappa shape index (κ2) is 4.57. The van der Waals surface area contributed by atoms with Crippen molar-refractivity contribution in [2.24, 2.45) is 0 Å². The molecule has 0 saturated carbocycles. The van der Waals surface area contributed by atoms with Gasteiger partial charge in [-0.3, -0.25) is 0 Å². The highest BCUT2D eigenvalue weighted by molar-refractivity contribution is 7.88. The molecule has 0 aliphatic heterocycles. The van der Waals surface area contributed by atoms with Crippen LogP contribution < -0.4 is 4.18 Å². The maximum absolute atomic E-state index is 12.2. The van der Waals surface area contributed by atoms with Crippen molar-refractivity contribution in [1.82, 2.24) is 0 Å². The number of alkyl halides is 3. The highest BCUT2D eigenvalue weighted by atomic mass is 35.5. The Bertz CT molecular complexity index is 726.